The van der Waals surface area contributed by atoms with Gasteiger partial charge in [-0.3, -0.25) is 4.98 Å². The normalized spacial score (nSPS) is 16.8. The summed E-state index contributed by atoms with van der Waals surface area (Å²) < 4.78 is 0. The third-order valence-corrected chi connectivity index (χ3v) is 3.62. The Morgan fingerprint density at radius 3 is 2.24 bits per heavy atom. The highest BCUT2D eigenvalue weighted by molar-refractivity contribution is 5.40. The number of hydrogen-bond donors (Lipinski definition) is 1. The van der Waals surface area contributed by atoms with Crippen LogP contribution < -0.4 is 5.73 Å². The monoisotopic (exact) mass is 224 g/mol. The molecule has 2 heteroatoms. The molecule has 1 aromatic heterocycles. The Balaban J connectivity index is 1.98. The summed E-state index contributed by atoms with van der Waals surface area (Å²) in [5.74, 6) is 0. The van der Waals surface area contributed by atoms with Gasteiger partial charge in [0, 0.05) is 11.9 Å². The van der Waals surface area contributed by atoms with Crippen molar-refractivity contribution in [3.05, 3.63) is 65.0 Å². The largest absolute Gasteiger partial charge is 0.321 e. The van der Waals surface area contributed by atoms with Crippen molar-refractivity contribution < 1.29 is 0 Å². The lowest BCUT2D eigenvalue weighted by Gasteiger charge is -2.23. The molecule has 0 aliphatic heterocycles. The van der Waals surface area contributed by atoms with Crippen molar-refractivity contribution in [2.75, 3.05) is 0 Å². The van der Waals surface area contributed by atoms with E-state index in [1.807, 2.05) is 19.2 Å². The SMILES string of the molecule is Cc1ccc(C2(N)Cc3ccccc3C2)cn1. The fourth-order valence-corrected chi connectivity index (χ4v) is 2.61. The average Bonchev–Trinajstić information content (AvgIpc) is 2.67. The second-order valence-corrected chi connectivity index (χ2v) is 4.97. The molecule has 1 aliphatic rings. The lowest BCUT2D eigenvalue weighted by Crippen LogP contribution is -2.37. The molecule has 0 atom stereocenters. The first kappa shape index (κ1) is 10.5. The second kappa shape index (κ2) is 3.67. The van der Waals surface area contributed by atoms with Crippen molar-refractivity contribution in [2.24, 2.45) is 5.73 Å². The molecule has 0 fully saturated rings. The molecule has 0 radical (unpaired) electrons. The molecule has 0 unspecified atom stereocenters. The number of aromatic nitrogens is 1. The predicted molar refractivity (Wildman–Crippen MR) is 68.7 cm³/mol. The average molecular weight is 224 g/mol. The van der Waals surface area contributed by atoms with Crippen LogP contribution in [0.1, 0.15) is 22.4 Å². The number of aryl methyl sites for hydroxylation is 1. The van der Waals surface area contributed by atoms with Crippen molar-refractivity contribution in [1.82, 2.24) is 4.98 Å². The van der Waals surface area contributed by atoms with Crippen LogP contribution in [0, 0.1) is 6.92 Å². The lowest BCUT2D eigenvalue weighted by atomic mass is 9.89. The van der Waals surface area contributed by atoms with Crippen LogP contribution in [-0.2, 0) is 18.4 Å². The Morgan fingerprint density at radius 2 is 1.71 bits per heavy atom. The zero-order chi connectivity index (χ0) is 11.9. The molecule has 2 aromatic rings. The highest BCUT2D eigenvalue weighted by Crippen LogP contribution is 2.35. The summed E-state index contributed by atoms with van der Waals surface area (Å²) in [6.07, 6.45) is 3.74. The first-order valence-electron chi connectivity index (χ1n) is 5.96. The Labute approximate surface area is 102 Å². The zero-order valence-electron chi connectivity index (χ0n) is 9.98. The summed E-state index contributed by atoms with van der Waals surface area (Å²) in [5, 5.41) is 0. The minimum absolute atomic E-state index is 0.273. The third-order valence-electron chi connectivity index (χ3n) is 3.62. The van der Waals surface area contributed by atoms with Gasteiger partial charge in [-0.25, -0.2) is 0 Å². The number of nitrogens with zero attached hydrogens (tertiary/aromatic N) is 1. The topological polar surface area (TPSA) is 38.9 Å². The number of rotatable bonds is 1. The number of benzene rings is 1. The van der Waals surface area contributed by atoms with Gasteiger partial charge in [0.2, 0.25) is 0 Å². The Morgan fingerprint density at radius 1 is 1.06 bits per heavy atom. The van der Waals surface area contributed by atoms with E-state index in [2.05, 4.69) is 35.3 Å². The molecule has 0 spiro atoms. The molecule has 2 nitrogen and oxygen atoms in total. The minimum Gasteiger partial charge on any atom is -0.321 e. The maximum Gasteiger partial charge on any atom is 0.0506 e. The number of pyridine rings is 1. The van der Waals surface area contributed by atoms with Crippen LogP contribution in [-0.4, -0.2) is 4.98 Å². The summed E-state index contributed by atoms with van der Waals surface area (Å²) in [6.45, 7) is 2.00. The Kier molecular flexibility index (Phi) is 2.26. The first-order valence-corrected chi connectivity index (χ1v) is 5.96. The van der Waals surface area contributed by atoms with Gasteiger partial charge in [0.15, 0.2) is 0 Å². The van der Waals surface area contributed by atoms with Crippen LogP contribution >= 0.6 is 0 Å². The molecule has 0 amide bonds. The molecule has 1 aliphatic carbocycles. The van der Waals surface area contributed by atoms with Crippen LogP contribution in [0.5, 0.6) is 0 Å². The summed E-state index contributed by atoms with van der Waals surface area (Å²) in [6, 6.07) is 12.6. The quantitative estimate of drug-likeness (QED) is 0.807. The summed E-state index contributed by atoms with van der Waals surface area (Å²) in [5.41, 5.74) is 11.2. The Bertz CT molecular complexity index is 518. The third kappa shape index (κ3) is 1.75. The van der Waals surface area contributed by atoms with E-state index in [0.29, 0.717) is 0 Å². The number of hydrogen-bond acceptors (Lipinski definition) is 2. The van der Waals surface area contributed by atoms with Crippen LogP contribution in [0.25, 0.3) is 0 Å². The summed E-state index contributed by atoms with van der Waals surface area (Å²) in [7, 11) is 0. The molecule has 0 bridgehead atoms. The van der Waals surface area contributed by atoms with Crippen molar-refractivity contribution in [2.45, 2.75) is 25.3 Å². The van der Waals surface area contributed by atoms with E-state index in [9.17, 15) is 0 Å². The van der Waals surface area contributed by atoms with Gasteiger partial charge in [0.05, 0.1) is 5.54 Å². The fraction of sp³-hybridized carbons (Fsp3) is 0.267. The van der Waals surface area contributed by atoms with Crippen LogP contribution in [0.2, 0.25) is 0 Å². The molecular weight excluding hydrogens is 208 g/mol. The standard InChI is InChI=1S/C15H16N2/c1-11-6-7-14(10-17-11)15(16)8-12-4-2-3-5-13(12)9-15/h2-7,10H,8-9,16H2,1H3. The van der Waals surface area contributed by atoms with Gasteiger partial charge in [0.1, 0.15) is 0 Å². The van der Waals surface area contributed by atoms with E-state index in [4.69, 9.17) is 5.73 Å². The van der Waals surface area contributed by atoms with Gasteiger partial charge in [-0.15, -0.1) is 0 Å². The van der Waals surface area contributed by atoms with E-state index in [1.54, 1.807) is 0 Å². The molecule has 1 heterocycles. The van der Waals surface area contributed by atoms with Crippen molar-refractivity contribution in [3.63, 3.8) is 0 Å². The molecule has 3 rings (SSSR count). The first-order chi connectivity index (χ1) is 8.17. The molecule has 86 valence electrons. The van der Waals surface area contributed by atoms with Crippen molar-refractivity contribution in [3.8, 4) is 0 Å². The van der Waals surface area contributed by atoms with Crippen molar-refractivity contribution in [1.29, 1.82) is 0 Å². The van der Waals surface area contributed by atoms with E-state index < -0.39 is 0 Å². The predicted octanol–water partition coefficient (Wildman–Crippen LogP) is 2.34. The van der Waals surface area contributed by atoms with E-state index in [0.717, 1.165) is 24.1 Å². The van der Waals surface area contributed by atoms with Gasteiger partial charge in [-0.05, 0) is 42.5 Å². The van der Waals surface area contributed by atoms with Crippen LogP contribution in [0.3, 0.4) is 0 Å². The molecular formula is C15H16N2. The minimum atomic E-state index is -0.273. The van der Waals surface area contributed by atoms with E-state index in [1.165, 1.54) is 11.1 Å². The fourth-order valence-electron chi connectivity index (χ4n) is 2.61. The molecule has 0 saturated heterocycles. The maximum atomic E-state index is 6.54. The van der Waals surface area contributed by atoms with Gasteiger partial charge >= 0.3 is 0 Å². The molecule has 1 aromatic carbocycles. The van der Waals surface area contributed by atoms with Gasteiger partial charge < -0.3 is 5.73 Å². The van der Waals surface area contributed by atoms with Gasteiger partial charge in [-0.2, -0.15) is 0 Å². The van der Waals surface area contributed by atoms with Crippen molar-refractivity contribution >= 4 is 0 Å². The van der Waals surface area contributed by atoms with E-state index >= 15 is 0 Å². The highest BCUT2D eigenvalue weighted by atomic mass is 14.8. The van der Waals surface area contributed by atoms with E-state index in [-0.39, 0.29) is 5.54 Å². The van der Waals surface area contributed by atoms with Crippen LogP contribution in [0.15, 0.2) is 42.6 Å². The molecule has 17 heavy (non-hydrogen) atoms. The summed E-state index contributed by atoms with van der Waals surface area (Å²) >= 11 is 0. The molecule has 2 N–H and O–H groups in total. The smallest absolute Gasteiger partial charge is 0.0506 e. The second-order valence-electron chi connectivity index (χ2n) is 4.97. The van der Waals surface area contributed by atoms with Gasteiger partial charge in [0.25, 0.3) is 0 Å². The summed E-state index contributed by atoms with van der Waals surface area (Å²) in [4.78, 5) is 4.35. The highest BCUT2D eigenvalue weighted by Gasteiger charge is 2.34. The molecule has 0 saturated carbocycles. The lowest BCUT2D eigenvalue weighted by molar-refractivity contribution is 0.471. The van der Waals surface area contributed by atoms with Gasteiger partial charge in [-0.1, -0.05) is 30.3 Å². The number of fused-ring (bicyclic) bond motifs is 1. The number of nitrogens with two attached hydrogens (primary N) is 1. The zero-order valence-corrected chi connectivity index (χ0v) is 9.98. The van der Waals surface area contributed by atoms with Crippen LogP contribution in [0.4, 0.5) is 0 Å². The maximum absolute atomic E-state index is 6.54. The Hall–Kier alpha value is -1.67.